The number of rotatable bonds is 5. The molecule has 0 saturated carbocycles. The fraction of sp³-hybridized carbons (Fsp3) is 0.0600. The van der Waals surface area contributed by atoms with Crippen LogP contribution in [0.25, 0.3) is 93.6 Å². The van der Waals surface area contributed by atoms with E-state index in [2.05, 4.69) is 186 Å². The van der Waals surface area contributed by atoms with Crippen molar-refractivity contribution in [2.45, 2.75) is 13.3 Å². The standard InChI is InChI=1S/C50H36N2/c1-33-19-23-40(24-20-33)52-47-26-22-39(30-44(47)46-32-51-28-27-48(46)52)37-16-10-15-36(29-37)38-21-25-43-45(31-38)50(35-13-6-3-7-14-35)42-18-9-8-17-41(42)49(43)34-11-4-2-5-12-34/h2-19,21-33H,20H2,1H3. The first kappa shape index (κ1) is 30.3. The zero-order valence-corrected chi connectivity index (χ0v) is 29.0. The van der Waals surface area contributed by atoms with E-state index in [1.807, 2.05) is 12.4 Å². The summed E-state index contributed by atoms with van der Waals surface area (Å²) in [6.07, 6.45) is 11.9. The van der Waals surface area contributed by atoms with Gasteiger partial charge in [-0.3, -0.25) is 4.98 Å². The van der Waals surface area contributed by atoms with E-state index in [-0.39, 0.29) is 0 Å². The lowest BCUT2D eigenvalue weighted by atomic mass is 9.85. The molecule has 9 aromatic rings. The monoisotopic (exact) mass is 664 g/mol. The van der Waals surface area contributed by atoms with E-state index in [9.17, 15) is 0 Å². The van der Waals surface area contributed by atoms with Gasteiger partial charge in [0.2, 0.25) is 0 Å². The molecule has 0 aliphatic heterocycles. The van der Waals surface area contributed by atoms with Crippen LogP contribution in [0.3, 0.4) is 0 Å². The summed E-state index contributed by atoms with van der Waals surface area (Å²) >= 11 is 0. The van der Waals surface area contributed by atoms with Gasteiger partial charge >= 0.3 is 0 Å². The largest absolute Gasteiger partial charge is 0.309 e. The van der Waals surface area contributed by atoms with Gasteiger partial charge in [-0.2, -0.15) is 0 Å². The van der Waals surface area contributed by atoms with Crippen LogP contribution in [0.4, 0.5) is 0 Å². The predicted molar refractivity (Wildman–Crippen MR) is 221 cm³/mol. The molecule has 1 atom stereocenters. The molecule has 1 aliphatic rings. The van der Waals surface area contributed by atoms with Crippen molar-refractivity contribution >= 4 is 49.0 Å². The summed E-state index contributed by atoms with van der Waals surface area (Å²) in [5.41, 5.74) is 13.4. The maximum absolute atomic E-state index is 4.54. The molecule has 1 aliphatic carbocycles. The molecule has 2 heterocycles. The lowest BCUT2D eigenvalue weighted by molar-refractivity contribution is 0.735. The number of hydrogen-bond donors (Lipinski definition) is 0. The highest BCUT2D eigenvalue weighted by atomic mass is 15.0. The van der Waals surface area contributed by atoms with Crippen LogP contribution >= 0.6 is 0 Å². The molecule has 0 spiro atoms. The molecule has 0 bridgehead atoms. The van der Waals surface area contributed by atoms with Gasteiger partial charge in [-0.1, -0.05) is 140 Å². The number of pyridine rings is 1. The fourth-order valence-corrected chi connectivity index (χ4v) is 8.27. The van der Waals surface area contributed by atoms with Crippen molar-refractivity contribution < 1.29 is 0 Å². The van der Waals surface area contributed by atoms with Crippen LogP contribution in [-0.2, 0) is 0 Å². The number of hydrogen-bond acceptors (Lipinski definition) is 1. The second-order valence-electron chi connectivity index (χ2n) is 14.0. The number of nitrogens with zero attached hydrogens (tertiary/aromatic N) is 2. The highest BCUT2D eigenvalue weighted by molar-refractivity contribution is 6.22. The SMILES string of the molecule is CC1C=CC(n2c3ccncc3c3cc(-c4cccc(-c5ccc6c(-c7ccccc7)c7ccccc7c(-c7ccccc7)c6c5)c4)ccc32)=CC1. The van der Waals surface area contributed by atoms with Crippen molar-refractivity contribution in [2.75, 3.05) is 0 Å². The molecule has 0 saturated heterocycles. The van der Waals surface area contributed by atoms with Gasteiger partial charge < -0.3 is 4.57 Å². The molecular weight excluding hydrogens is 629 g/mol. The van der Waals surface area contributed by atoms with Crippen LogP contribution in [0.15, 0.2) is 182 Å². The van der Waals surface area contributed by atoms with Crippen molar-refractivity contribution in [1.82, 2.24) is 9.55 Å². The minimum Gasteiger partial charge on any atom is -0.309 e. The first-order valence-corrected chi connectivity index (χ1v) is 18.2. The fourth-order valence-electron chi connectivity index (χ4n) is 8.27. The molecule has 7 aromatic carbocycles. The molecular formula is C50H36N2. The molecule has 2 nitrogen and oxygen atoms in total. The molecule has 2 aromatic heterocycles. The van der Waals surface area contributed by atoms with E-state index in [1.54, 1.807) is 0 Å². The average Bonchev–Trinajstić information content (AvgIpc) is 3.54. The second kappa shape index (κ2) is 12.4. The van der Waals surface area contributed by atoms with Gasteiger partial charge in [0.1, 0.15) is 0 Å². The van der Waals surface area contributed by atoms with E-state index in [0.717, 1.165) is 6.42 Å². The highest BCUT2D eigenvalue weighted by Gasteiger charge is 2.19. The first-order valence-electron chi connectivity index (χ1n) is 18.2. The van der Waals surface area contributed by atoms with E-state index >= 15 is 0 Å². The van der Waals surface area contributed by atoms with Gasteiger partial charge in [0.05, 0.1) is 11.0 Å². The summed E-state index contributed by atoms with van der Waals surface area (Å²) in [5.74, 6) is 0.565. The Morgan fingerprint density at radius 3 is 1.71 bits per heavy atom. The Kier molecular flexibility index (Phi) is 7.21. The number of benzene rings is 7. The third kappa shape index (κ3) is 4.99. The summed E-state index contributed by atoms with van der Waals surface area (Å²) in [5, 5.41) is 7.45. The van der Waals surface area contributed by atoms with Crippen LogP contribution in [0.5, 0.6) is 0 Å². The molecule has 52 heavy (non-hydrogen) atoms. The lowest BCUT2D eigenvalue weighted by Crippen LogP contribution is -2.00. The summed E-state index contributed by atoms with van der Waals surface area (Å²) in [6.45, 7) is 2.27. The normalized spacial score (nSPS) is 14.4. The Hall–Kier alpha value is -6.51. The van der Waals surface area contributed by atoms with Crippen molar-refractivity contribution in [3.8, 4) is 44.5 Å². The molecule has 10 rings (SSSR count). The van der Waals surface area contributed by atoms with Crippen molar-refractivity contribution in [3.05, 3.63) is 182 Å². The molecule has 0 radical (unpaired) electrons. The topological polar surface area (TPSA) is 17.8 Å². The van der Waals surface area contributed by atoms with E-state index < -0.39 is 0 Å². The smallest absolute Gasteiger partial charge is 0.0571 e. The summed E-state index contributed by atoms with van der Waals surface area (Å²) in [4.78, 5) is 4.54. The van der Waals surface area contributed by atoms with Crippen molar-refractivity contribution in [2.24, 2.45) is 5.92 Å². The Balaban J connectivity index is 1.15. The molecule has 2 heteroatoms. The van der Waals surface area contributed by atoms with Gasteiger partial charge in [-0.25, -0.2) is 0 Å². The van der Waals surface area contributed by atoms with Gasteiger partial charge in [0.25, 0.3) is 0 Å². The van der Waals surface area contributed by atoms with Gasteiger partial charge in [0.15, 0.2) is 0 Å². The predicted octanol–water partition coefficient (Wildman–Crippen LogP) is 13.6. The number of fused-ring (bicyclic) bond motifs is 5. The quantitative estimate of drug-likeness (QED) is 0.167. The van der Waals surface area contributed by atoms with Crippen LogP contribution < -0.4 is 0 Å². The Labute approximate surface area is 303 Å². The first-order chi connectivity index (χ1) is 25.7. The van der Waals surface area contributed by atoms with E-state index in [0.29, 0.717) is 5.92 Å². The Morgan fingerprint density at radius 2 is 1.04 bits per heavy atom. The molecule has 0 N–H and O–H groups in total. The Morgan fingerprint density at radius 1 is 0.481 bits per heavy atom. The zero-order chi connectivity index (χ0) is 34.6. The van der Waals surface area contributed by atoms with Crippen LogP contribution in [0, 0.1) is 5.92 Å². The van der Waals surface area contributed by atoms with Gasteiger partial charge in [-0.15, -0.1) is 0 Å². The van der Waals surface area contributed by atoms with Gasteiger partial charge in [-0.05, 0) is 115 Å². The summed E-state index contributed by atoms with van der Waals surface area (Å²) in [7, 11) is 0. The third-order valence-corrected chi connectivity index (χ3v) is 10.8. The number of aromatic nitrogens is 2. The van der Waals surface area contributed by atoms with E-state index in [1.165, 1.54) is 93.6 Å². The maximum Gasteiger partial charge on any atom is 0.0571 e. The van der Waals surface area contributed by atoms with Crippen LogP contribution in [0.1, 0.15) is 13.3 Å². The van der Waals surface area contributed by atoms with Crippen molar-refractivity contribution in [3.63, 3.8) is 0 Å². The summed E-state index contributed by atoms with van der Waals surface area (Å²) < 4.78 is 2.39. The minimum atomic E-state index is 0.565. The third-order valence-electron chi connectivity index (χ3n) is 10.8. The highest BCUT2D eigenvalue weighted by Crippen LogP contribution is 2.45. The molecule has 246 valence electrons. The molecule has 0 fully saturated rings. The number of allylic oxidation sites excluding steroid dienone is 4. The van der Waals surface area contributed by atoms with E-state index in [4.69, 9.17) is 0 Å². The van der Waals surface area contributed by atoms with Crippen LogP contribution in [0.2, 0.25) is 0 Å². The molecule has 0 amide bonds. The van der Waals surface area contributed by atoms with Crippen molar-refractivity contribution in [1.29, 1.82) is 0 Å². The lowest BCUT2D eigenvalue weighted by Gasteiger charge is -2.19. The second-order valence-corrected chi connectivity index (χ2v) is 14.0. The maximum atomic E-state index is 4.54. The summed E-state index contributed by atoms with van der Waals surface area (Å²) in [6, 6.07) is 55.6. The Bertz CT molecular complexity index is 2870. The zero-order valence-electron chi connectivity index (χ0n) is 29.0. The average molecular weight is 665 g/mol. The molecule has 1 unspecified atom stereocenters. The van der Waals surface area contributed by atoms with Gasteiger partial charge in [0, 0.05) is 28.9 Å². The van der Waals surface area contributed by atoms with Crippen LogP contribution in [-0.4, -0.2) is 9.55 Å². The minimum absolute atomic E-state index is 0.565.